The quantitative estimate of drug-likeness (QED) is 0.716. The van der Waals surface area contributed by atoms with Gasteiger partial charge in [0.15, 0.2) is 0 Å². The summed E-state index contributed by atoms with van der Waals surface area (Å²) in [6.07, 6.45) is 5.92. The number of rotatable bonds is 4. The molecule has 3 aromatic rings. The summed E-state index contributed by atoms with van der Waals surface area (Å²) in [5, 5.41) is 9.71. The van der Waals surface area contributed by atoms with Crippen molar-refractivity contribution in [2.45, 2.75) is 32.4 Å². The van der Waals surface area contributed by atoms with Crippen molar-refractivity contribution in [2.24, 2.45) is 0 Å². The van der Waals surface area contributed by atoms with E-state index in [1.165, 1.54) is 33.4 Å². The number of pyridine rings is 1. The summed E-state index contributed by atoms with van der Waals surface area (Å²) in [4.78, 5) is 7.07. The van der Waals surface area contributed by atoms with Crippen LogP contribution in [-0.4, -0.2) is 34.2 Å². The van der Waals surface area contributed by atoms with Crippen LogP contribution in [0.5, 0.6) is 0 Å². The number of aliphatic hydroxyl groups is 1. The molecule has 0 radical (unpaired) electrons. The Labute approximate surface area is 172 Å². The molecule has 1 atom stereocenters. The molecule has 3 heteroatoms. The van der Waals surface area contributed by atoms with Crippen molar-refractivity contribution in [1.29, 1.82) is 0 Å². The van der Waals surface area contributed by atoms with Crippen molar-refractivity contribution in [3.05, 3.63) is 94.8 Å². The summed E-state index contributed by atoms with van der Waals surface area (Å²) < 4.78 is 0. The molecule has 0 bridgehead atoms. The van der Waals surface area contributed by atoms with Crippen molar-refractivity contribution in [2.75, 3.05) is 13.1 Å². The third-order valence-corrected chi connectivity index (χ3v) is 6.03. The van der Waals surface area contributed by atoms with Crippen LogP contribution in [0.15, 0.2) is 66.9 Å². The molecule has 1 aliphatic heterocycles. The second kappa shape index (κ2) is 7.58. The summed E-state index contributed by atoms with van der Waals surface area (Å²) in [7, 11) is 0. The number of aromatic nitrogens is 1. The second-order valence-corrected chi connectivity index (χ2v) is 8.28. The molecule has 1 fully saturated rings. The van der Waals surface area contributed by atoms with Crippen LogP contribution in [0.25, 0.3) is 16.7 Å². The lowest BCUT2D eigenvalue weighted by Crippen LogP contribution is -2.21. The highest BCUT2D eigenvalue weighted by Crippen LogP contribution is 2.34. The van der Waals surface area contributed by atoms with Crippen LogP contribution >= 0.6 is 0 Å². The van der Waals surface area contributed by atoms with Gasteiger partial charge in [-0.25, -0.2) is 0 Å². The Hall–Kier alpha value is -2.75. The maximum absolute atomic E-state index is 9.71. The molecule has 29 heavy (non-hydrogen) atoms. The summed E-state index contributed by atoms with van der Waals surface area (Å²) in [6, 6.07) is 19.8. The number of nitrogens with zero attached hydrogens (tertiary/aromatic N) is 2. The molecule has 2 aliphatic rings. The highest BCUT2D eigenvalue weighted by Gasteiger charge is 2.20. The summed E-state index contributed by atoms with van der Waals surface area (Å²) >= 11 is 0. The lowest BCUT2D eigenvalue weighted by atomic mass is 9.96. The maximum atomic E-state index is 9.71. The molecule has 5 rings (SSSR count). The average molecular weight is 383 g/mol. The second-order valence-electron chi connectivity index (χ2n) is 8.28. The Balaban J connectivity index is 1.39. The standard InChI is InChI=1S/C26H26N2O/c1-18-3-2-4-21(13-18)24-9-10-26-25(24)14-22(15-27-26)20-7-5-19(6-8-20)16-28-12-11-23(29)17-28/h2-9,13-15,23,29H,10-12,16-17H2,1H3/t23-/m1/s1. The molecule has 0 unspecified atom stereocenters. The Bertz CT molecular complexity index is 1070. The zero-order valence-electron chi connectivity index (χ0n) is 16.8. The highest BCUT2D eigenvalue weighted by atomic mass is 16.3. The van der Waals surface area contributed by atoms with Crippen LogP contribution in [0.2, 0.25) is 0 Å². The van der Waals surface area contributed by atoms with Gasteiger partial charge in [-0.2, -0.15) is 0 Å². The number of likely N-dealkylation sites (tertiary alicyclic amines) is 1. The predicted molar refractivity (Wildman–Crippen MR) is 118 cm³/mol. The van der Waals surface area contributed by atoms with Crippen LogP contribution in [-0.2, 0) is 13.0 Å². The van der Waals surface area contributed by atoms with E-state index in [9.17, 15) is 5.11 Å². The van der Waals surface area contributed by atoms with E-state index in [0.717, 1.165) is 43.7 Å². The fourth-order valence-corrected chi connectivity index (χ4v) is 4.46. The molecule has 1 aliphatic carbocycles. The van der Waals surface area contributed by atoms with E-state index in [-0.39, 0.29) is 6.10 Å². The molecule has 1 aromatic heterocycles. The minimum Gasteiger partial charge on any atom is -0.392 e. The predicted octanol–water partition coefficient (Wildman–Crippen LogP) is 4.61. The van der Waals surface area contributed by atoms with Crippen molar-refractivity contribution in [1.82, 2.24) is 9.88 Å². The van der Waals surface area contributed by atoms with E-state index in [4.69, 9.17) is 4.98 Å². The molecular weight excluding hydrogens is 356 g/mol. The van der Waals surface area contributed by atoms with Crippen molar-refractivity contribution in [3.8, 4) is 11.1 Å². The van der Waals surface area contributed by atoms with Crippen LogP contribution in [0.1, 0.15) is 34.4 Å². The summed E-state index contributed by atoms with van der Waals surface area (Å²) in [6.45, 7) is 4.80. The van der Waals surface area contributed by atoms with Crippen molar-refractivity contribution < 1.29 is 5.11 Å². The van der Waals surface area contributed by atoms with Crippen LogP contribution < -0.4 is 0 Å². The molecule has 0 spiro atoms. The molecule has 0 amide bonds. The van der Waals surface area contributed by atoms with Gasteiger partial charge in [-0.05, 0) is 41.7 Å². The molecule has 3 nitrogen and oxygen atoms in total. The molecule has 2 heterocycles. The third kappa shape index (κ3) is 3.76. The molecule has 1 N–H and O–H groups in total. The van der Waals surface area contributed by atoms with E-state index in [1.54, 1.807) is 0 Å². The van der Waals surface area contributed by atoms with Gasteiger partial charge in [0.05, 0.1) is 11.8 Å². The highest BCUT2D eigenvalue weighted by molar-refractivity contribution is 5.86. The van der Waals surface area contributed by atoms with Gasteiger partial charge in [-0.1, -0.05) is 60.2 Å². The van der Waals surface area contributed by atoms with Crippen LogP contribution in [0.4, 0.5) is 0 Å². The smallest absolute Gasteiger partial charge is 0.0679 e. The van der Waals surface area contributed by atoms with Gasteiger partial charge in [0, 0.05) is 43.4 Å². The van der Waals surface area contributed by atoms with Gasteiger partial charge in [-0.3, -0.25) is 9.88 Å². The third-order valence-electron chi connectivity index (χ3n) is 6.03. The van der Waals surface area contributed by atoms with E-state index in [0.29, 0.717) is 0 Å². The summed E-state index contributed by atoms with van der Waals surface area (Å²) in [5.74, 6) is 0. The molecule has 146 valence electrons. The lowest BCUT2D eigenvalue weighted by molar-refractivity contribution is 0.175. The Kier molecular flexibility index (Phi) is 4.78. The van der Waals surface area contributed by atoms with E-state index in [2.05, 4.69) is 72.5 Å². The number of β-amino-alcohol motifs (C(OH)–C–C–N with tert-alkyl or cyclic N) is 1. The van der Waals surface area contributed by atoms with E-state index < -0.39 is 0 Å². The number of fused-ring (bicyclic) bond motifs is 1. The largest absolute Gasteiger partial charge is 0.392 e. The first kappa shape index (κ1) is 18.3. The Morgan fingerprint density at radius 1 is 1.03 bits per heavy atom. The van der Waals surface area contributed by atoms with Gasteiger partial charge in [0.1, 0.15) is 0 Å². The number of benzene rings is 2. The van der Waals surface area contributed by atoms with E-state index in [1.807, 2.05) is 6.20 Å². The minimum atomic E-state index is -0.164. The van der Waals surface area contributed by atoms with Gasteiger partial charge in [-0.15, -0.1) is 0 Å². The fraction of sp³-hybridized carbons (Fsp3) is 0.269. The normalized spacial score (nSPS) is 18.7. The maximum Gasteiger partial charge on any atom is 0.0679 e. The van der Waals surface area contributed by atoms with Gasteiger partial charge < -0.3 is 5.11 Å². The van der Waals surface area contributed by atoms with Crippen molar-refractivity contribution >= 4 is 5.57 Å². The molecular formula is C26H26N2O. The SMILES string of the molecule is Cc1cccc(C2=CCc3ncc(-c4ccc(CN5CC[C@@H](O)C5)cc4)cc32)c1. The van der Waals surface area contributed by atoms with Crippen LogP contribution in [0.3, 0.4) is 0 Å². The zero-order valence-corrected chi connectivity index (χ0v) is 16.8. The number of aryl methyl sites for hydroxylation is 1. The minimum absolute atomic E-state index is 0.164. The molecule has 1 saturated heterocycles. The van der Waals surface area contributed by atoms with Gasteiger partial charge in [0.25, 0.3) is 0 Å². The topological polar surface area (TPSA) is 36.4 Å². The number of allylic oxidation sites excluding steroid dienone is 1. The van der Waals surface area contributed by atoms with Gasteiger partial charge in [0.2, 0.25) is 0 Å². The Morgan fingerprint density at radius 2 is 1.90 bits per heavy atom. The molecule has 0 saturated carbocycles. The lowest BCUT2D eigenvalue weighted by Gasteiger charge is -2.15. The molecule has 2 aromatic carbocycles. The summed E-state index contributed by atoms with van der Waals surface area (Å²) in [5.41, 5.74) is 9.90. The first-order chi connectivity index (χ1) is 14.2. The Morgan fingerprint density at radius 3 is 2.66 bits per heavy atom. The number of hydrogen-bond donors (Lipinski definition) is 1. The fourth-order valence-electron chi connectivity index (χ4n) is 4.46. The zero-order chi connectivity index (χ0) is 19.8. The van der Waals surface area contributed by atoms with E-state index >= 15 is 0 Å². The number of aliphatic hydroxyl groups excluding tert-OH is 1. The first-order valence-electron chi connectivity index (χ1n) is 10.4. The van der Waals surface area contributed by atoms with Gasteiger partial charge >= 0.3 is 0 Å². The van der Waals surface area contributed by atoms with Crippen molar-refractivity contribution in [3.63, 3.8) is 0 Å². The van der Waals surface area contributed by atoms with Crippen LogP contribution in [0, 0.1) is 6.92 Å². The monoisotopic (exact) mass is 382 g/mol. The first-order valence-corrected chi connectivity index (χ1v) is 10.4. The average Bonchev–Trinajstić information content (AvgIpc) is 3.34. The number of hydrogen-bond acceptors (Lipinski definition) is 3.